The van der Waals surface area contributed by atoms with Crippen molar-refractivity contribution in [1.82, 2.24) is 4.98 Å². The van der Waals surface area contributed by atoms with Crippen molar-refractivity contribution in [3.05, 3.63) is 52.9 Å². The van der Waals surface area contributed by atoms with Crippen LogP contribution in [0, 0.1) is 5.41 Å². The molecule has 0 aliphatic carbocycles. The Balaban J connectivity index is 1.52. The molecule has 1 aromatic heterocycles. The van der Waals surface area contributed by atoms with Gasteiger partial charge < -0.3 is 14.4 Å². The first-order valence-electron chi connectivity index (χ1n) is 10.7. The summed E-state index contributed by atoms with van der Waals surface area (Å²) in [5, 5.41) is 5.26. The van der Waals surface area contributed by atoms with E-state index in [0.717, 1.165) is 28.9 Å². The maximum absolute atomic E-state index is 12.8. The number of nitrogens with one attached hydrogen (secondary N) is 1. The monoisotopic (exact) mass is 465 g/mol. The van der Waals surface area contributed by atoms with E-state index < -0.39 is 5.41 Å². The van der Waals surface area contributed by atoms with Gasteiger partial charge in [0.15, 0.2) is 5.13 Å². The van der Waals surface area contributed by atoms with Crippen molar-refractivity contribution in [3.8, 4) is 22.8 Å². The molecule has 172 valence electrons. The molecule has 2 heterocycles. The summed E-state index contributed by atoms with van der Waals surface area (Å²) in [5.41, 5.74) is 3.81. The Labute approximate surface area is 197 Å². The number of fused-ring (bicyclic) bond motifs is 1. The standard InChI is InChI=1S/C25H27N3O4S/c1-25(2,3)23(30)28-11-10-16-12-15(6-9-20(16)28)19-14-33-24(26-19)27-22(29)18-8-7-17(31-4)13-21(18)32-5/h6-9,12-14H,10-11H2,1-5H3,(H,26,27,29). The van der Waals surface area contributed by atoms with Gasteiger partial charge in [-0.15, -0.1) is 11.3 Å². The van der Waals surface area contributed by atoms with Crippen LogP contribution >= 0.6 is 11.3 Å². The normalized spacial score (nSPS) is 12.9. The molecule has 4 rings (SSSR count). The largest absolute Gasteiger partial charge is 0.497 e. The third kappa shape index (κ3) is 4.57. The maximum Gasteiger partial charge on any atom is 0.261 e. The highest BCUT2D eigenvalue weighted by Crippen LogP contribution is 2.36. The van der Waals surface area contributed by atoms with E-state index >= 15 is 0 Å². The van der Waals surface area contributed by atoms with Crippen LogP contribution in [0.15, 0.2) is 41.8 Å². The molecule has 2 aromatic carbocycles. The van der Waals surface area contributed by atoms with Gasteiger partial charge in [0.05, 0.1) is 25.5 Å². The fourth-order valence-corrected chi connectivity index (χ4v) is 4.51. The first kappa shape index (κ1) is 22.8. The maximum atomic E-state index is 12.8. The molecule has 0 spiro atoms. The van der Waals surface area contributed by atoms with Crippen LogP contribution in [0.2, 0.25) is 0 Å². The smallest absolute Gasteiger partial charge is 0.261 e. The van der Waals surface area contributed by atoms with Gasteiger partial charge in [-0.1, -0.05) is 26.8 Å². The lowest BCUT2D eigenvalue weighted by atomic mass is 9.94. The predicted molar refractivity (Wildman–Crippen MR) is 131 cm³/mol. The van der Waals surface area contributed by atoms with Crippen LogP contribution in [0.5, 0.6) is 11.5 Å². The molecular formula is C25H27N3O4S. The van der Waals surface area contributed by atoms with Gasteiger partial charge in [-0.3, -0.25) is 14.9 Å². The Morgan fingerprint density at radius 2 is 1.88 bits per heavy atom. The Kier molecular flexibility index (Phi) is 6.12. The van der Waals surface area contributed by atoms with Gasteiger partial charge in [0.2, 0.25) is 5.91 Å². The van der Waals surface area contributed by atoms with Crippen molar-refractivity contribution in [1.29, 1.82) is 0 Å². The van der Waals surface area contributed by atoms with E-state index in [1.54, 1.807) is 25.3 Å². The quantitative estimate of drug-likeness (QED) is 0.573. The van der Waals surface area contributed by atoms with E-state index in [9.17, 15) is 9.59 Å². The van der Waals surface area contributed by atoms with Gasteiger partial charge in [-0.2, -0.15) is 0 Å². The second-order valence-electron chi connectivity index (χ2n) is 8.86. The van der Waals surface area contributed by atoms with Crippen LogP contribution in [-0.2, 0) is 11.2 Å². The molecule has 0 saturated heterocycles. The summed E-state index contributed by atoms with van der Waals surface area (Å²) in [5.74, 6) is 0.859. The Bertz CT molecular complexity index is 1210. The van der Waals surface area contributed by atoms with E-state index in [1.165, 1.54) is 18.4 Å². The van der Waals surface area contributed by atoms with Gasteiger partial charge in [-0.25, -0.2) is 4.98 Å². The molecule has 0 radical (unpaired) electrons. The number of hydrogen-bond acceptors (Lipinski definition) is 6. The number of thiazole rings is 1. The molecule has 8 heteroatoms. The third-order valence-corrected chi connectivity index (χ3v) is 6.29. The van der Waals surface area contributed by atoms with E-state index in [2.05, 4.69) is 16.4 Å². The predicted octanol–water partition coefficient (Wildman–Crippen LogP) is 5.01. The van der Waals surface area contributed by atoms with Gasteiger partial charge in [0.1, 0.15) is 11.5 Å². The van der Waals surface area contributed by atoms with E-state index in [-0.39, 0.29) is 11.8 Å². The Morgan fingerprint density at radius 1 is 1.09 bits per heavy atom. The molecule has 0 atom stereocenters. The van der Waals surface area contributed by atoms with Crippen LogP contribution in [0.4, 0.5) is 10.8 Å². The van der Waals surface area contributed by atoms with Crippen LogP contribution in [0.1, 0.15) is 36.7 Å². The van der Waals surface area contributed by atoms with Crippen LogP contribution in [0.25, 0.3) is 11.3 Å². The lowest BCUT2D eigenvalue weighted by molar-refractivity contribution is -0.125. The van der Waals surface area contributed by atoms with Gasteiger partial charge in [0, 0.05) is 34.7 Å². The van der Waals surface area contributed by atoms with Crippen LogP contribution in [0.3, 0.4) is 0 Å². The topological polar surface area (TPSA) is 80.8 Å². The fraction of sp³-hybridized carbons (Fsp3) is 0.320. The molecule has 0 saturated carbocycles. The molecule has 1 aliphatic heterocycles. The van der Waals surface area contributed by atoms with Crippen molar-refractivity contribution in [2.45, 2.75) is 27.2 Å². The molecule has 33 heavy (non-hydrogen) atoms. The number of nitrogens with zero attached hydrogens (tertiary/aromatic N) is 2. The zero-order valence-corrected chi connectivity index (χ0v) is 20.2. The summed E-state index contributed by atoms with van der Waals surface area (Å²) in [6.07, 6.45) is 0.815. The molecular weight excluding hydrogens is 438 g/mol. The molecule has 1 aliphatic rings. The zero-order valence-electron chi connectivity index (χ0n) is 19.4. The highest BCUT2D eigenvalue weighted by Gasteiger charge is 2.32. The van der Waals surface area contributed by atoms with Crippen molar-refractivity contribution < 1.29 is 19.1 Å². The van der Waals surface area contributed by atoms with E-state index in [0.29, 0.717) is 28.7 Å². The number of carbonyl (C=O) groups is 2. The minimum Gasteiger partial charge on any atom is -0.497 e. The van der Waals surface area contributed by atoms with Crippen molar-refractivity contribution in [2.24, 2.45) is 5.41 Å². The minimum atomic E-state index is -0.422. The highest BCUT2D eigenvalue weighted by molar-refractivity contribution is 7.14. The number of rotatable bonds is 5. The minimum absolute atomic E-state index is 0.126. The van der Waals surface area contributed by atoms with Gasteiger partial charge in [-0.05, 0) is 36.2 Å². The summed E-state index contributed by atoms with van der Waals surface area (Å²) in [6, 6.07) is 11.1. The lowest BCUT2D eigenvalue weighted by Gasteiger charge is -2.26. The number of benzene rings is 2. The number of methoxy groups -OCH3 is 2. The first-order chi connectivity index (χ1) is 15.7. The molecule has 7 nitrogen and oxygen atoms in total. The number of carbonyl (C=O) groups excluding carboxylic acids is 2. The summed E-state index contributed by atoms with van der Waals surface area (Å²) in [6.45, 7) is 6.51. The summed E-state index contributed by atoms with van der Waals surface area (Å²) in [4.78, 5) is 32.0. The average Bonchev–Trinajstić information content (AvgIpc) is 3.43. The molecule has 0 fully saturated rings. The number of anilines is 2. The number of amides is 2. The zero-order chi connectivity index (χ0) is 23.8. The molecule has 2 amide bonds. The molecule has 0 bridgehead atoms. The summed E-state index contributed by atoms with van der Waals surface area (Å²) >= 11 is 1.36. The van der Waals surface area contributed by atoms with Crippen LogP contribution < -0.4 is 19.7 Å². The van der Waals surface area contributed by atoms with E-state index in [1.807, 2.05) is 43.2 Å². The third-order valence-electron chi connectivity index (χ3n) is 5.54. The second kappa shape index (κ2) is 8.86. The van der Waals surface area contributed by atoms with E-state index in [4.69, 9.17) is 9.47 Å². The molecule has 1 N–H and O–H groups in total. The second-order valence-corrected chi connectivity index (χ2v) is 9.72. The van der Waals surface area contributed by atoms with Crippen molar-refractivity contribution >= 4 is 34.0 Å². The Hall–Kier alpha value is -3.39. The van der Waals surface area contributed by atoms with Crippen LogP contribution in [-0.4, -0.2) is 37.6 Å². The highest BCUT2D eigenvalue weighted by atomic mass is 32.1. The number of hydrogen-bond donors (Lipinski definition) is 1. The van der Waals surface area contributed by atoms with Crippen molar-refractivity contribution in [2.75, 3.05) is 31.0 Å². The van der Waals surface area contributed by atoms with Crippen molar-refractivity contribution in [3.63, 3.8) is 0 Å². The van der Waals surface area contributed by atoms with Gasteiger partial charge >= 0.3 is 0 Å². The molecule has 0 unspecified atom stereocenters. The number of aromatic nitrogens is 1. The number of ether oxygens (including phenoxy) is 2. The first-order valence-corrected chi connectivity index (χ1v) is 11.5. The SMILES string of the molecule is COc1ccc(C(=O)Nc2nc(-c3ccc4c(c3)CCN4C(=O)C(C)(C)C)cs2)c(OC)c1. The lowest BCUT2D eigenvalue weighted by Crippen LogP contribution is -2.38. The summed E-state index contributed by atoms with van der Waals surface area (Å²) < 4.78 is 10.5. The Morgan fingerprint density at radius 3 is 2.58 bits per heavy atom. The van der Waals surface area contributed by atoms with Gasteiger partial charge in [0.25, 0.3) is 5.91 Å². The average molecular weight is 466 g/mol. The molecule has 3 aromatic rings. The fourth-order valence-electron chi connectivity index (χ4n) is 3.79. The summed E-state index contributed by atoms with van der Waals surface area (Å²) in [7, 11) is 3.07.